The summed E-state index contributed by atoms with van der Waals surface area (Å²) < 4.78 is 12.8. The minimum Gasteiger partial charge on any atom is -0.294 e. The van der Waals surface area contributed by atoms with Crippen LogP contribution < -0.4 is 0 Å². The molecule has 0 N–H and O–H groups in total. The molecule has 0 aliphatic heterocycles. The molecule has 4 nitrogen and oxygen atoms in total. The fourth-order valence-corrected chi connectivity index (χ4v) is 1.01. The molecule has 14 heavy (non-hydrogen) atoms. The molecule has 1 rings (SSSR count). The number of aryl methyl sites for hydroxylation is 1. The van der Waals surface area contributed by atoms with Gasteiger partial charge in [0, 0.05) is 10.5 Å². The van der Waals surface area contributed by atoms with Crippen molar-refractivity contribution in [3.8, 4) is 0 Å². The lowest BCUT2D eigenvalue weighted by molar-refractivity contribution is 0.100. The number of azide groups is 1. The molecule has 72 valence electrons. The molecule has 0 saturated carbocycles. The van der Waals surface area contributed by atoms with Crippen molar-refractivity contribution < 1.29 is 9.18 Å². The molecule has 0 saturated heterocycles. The minimum absolute atomic E-state index is 0.235. The van der Waals surface area contributed by atoms with Gasteiger partial charge in [0.05, 0.1) is 6.54 Å². The van der Waals surface area contributed by atoms with Gasteiger partial charge in [0.2, 0.25) is 0 Å². The molecule has 0 bridgehead atoms. The van der Waals surface area contributed by atoms with E-state index >= 15 is 0 Å². The number of nitrogens with zero attached hydrogens (tertiary/aromatic N) is 3. The van der Waals surface area contributed by atoms with Crippen LogP contribution in [0.5, 0.6) is 0 Å². The lowest BCUT2D eigenvalue weighted by Gasteiger charge is -1.99. The van der Waals surface area contributed by atoms with Gasteiger partial charge in [0.25, 0.3) is 0 Å². The maximum Gasteiger partial charge on any atom is 0.168 e. The lowest BCUT2D eigenvalue weighted by atomic mass is 10.1. The third-order valence-corrected chi connectivity index (χ3v) is 1.76. The van der Waals surface area contributed by atoms with Gasteiger partial charge in [-0.2, -0.15) is 0 Å². The van der Waals surface area contributed by atoms with Gasteiger partial charge < -0.3 is 0 Å². The molecule has 5 heteroatoms. The van der Waals surface area contributed by atoms with E-state index in [1.807, 2.05) is 0 Å². The summed E-state index contributed by atoms with van der Waals surface area (Å²) in [6.45, 7) is 1.33. The number of hydrogen-bond acceptors (Lipinski definition) is 2. The Balaban J connectivity index is 2.91. The molecular formula is C9H8FN3O. The number of ketones is 1. The highest BCUT2D eigenvalue weighted by molar-refractivity contribution is 5.97. The highest BCUT2D eigenvalue weighted by atomic mass is 19.1. The van der Waals surface area contributed by atoms with Gasteiger partial charge in [-0.25, -0.2) is 4.39 Å². The van der Waals surface area contributed by atoms with Gasteiger partial charge in [0.1, 0.15) is 5.82 Å². The van der Waals surface area contributed by atoms with Crippen LogP contribution in [0.4, 0.5) is 4.39 Å². The number of hydrogen-bond donors (Lipinski definition) is 0. The number of benzene rings is 1. The summed E-state index contributed by atoms with van der Waals surface area (Å²) in [6.07, 6.45) is 0. The first-order valence-electron chi connectivity index (χ1n) is 3.95. The highest BCUT2D eigenvalue weighted by Gasteiger charge is 2.06. The van der Waals surface area contributed by atoms with E-state index in [1.165, 1.54) is 18.2 Å². The average Bonchev–Trinajstić information content (AvgIpc) is 2.18. The van der Waals surface area contributed by atoms with Gasteiger partial charge in [0.15, 0.2) is 5.78 Å². The van der Waals surface area contributed by atoms with Crippen LogP contribution in [0.1, 0.15) is 15.9 Å². The Labute approximate surface area is 80.0 Å². The van der Waals surface area contributed by atoms with E-state index in [9.17, 15) is 9.18 Å². The van der Waals surface area contributed by atoms with Gasteiger partial charge in [-0.15, -0.1) is 0 Å². The number of carbonyl (C=O) groups is 1. The zero-order valence-corrected chi connectivity index (χ0v) is 7.57. The molecule has 0 fully saturated rings. The van der Waals surface area contributed by atoms with Crippen molar-refractivity contribution in [2.75, 3.05) is 6.54 Å². The topological polar surface area (TPSA) is 65.8 Å². The van der Waals surface area contributed by atoms with Crippen molar-refractivity contribution in [1.82, 2.24) is 0 Å². The Bertz CT molecular complexity index is 411. The number of Topliss-reactive ketones (excluding diaryl/α,β-unsaturated/α-hetero) is 1. The Morgan fingerprint density at radius 1 is 1.64 bits per heavy atom. The summed E-state index contributed by atoms with van der Waals surface area (Å²) in [5, 5.41) is 3.14. The maximum atomic E-state index is 12.8. The molecule has 0 aliphatic rings. The summed E-state index contributed by atoms with van der Waals surface area (Å²) in [4.78, 5) is 13.8. The zero-order valence-electron chi connectivity index (χ0n) is 7.57. The van der Waals surface area contributed by atoms with Crippen molar-refractivity contribution in [2.24, 2.45) is 5.11 Å². The molecule has 0 aliphatic carbocycles. The van der Waals surface area contributed by atoms with E-state index in [0.717, 1.165) is 0 Å². The fraction of sp³-hybridized carbons (Fsp3) is 0.222. The summed E-state index contributed by atoms with van der Waals surface area (Å²) in [6, 6.07) is 4.03. The Morgan fingerprint density at radius 2 is 2.36 bits per heavy atom. The largest absolute Gasteiger partial charge is 0.294 e. The third kappa shape index (κ3) is 2.31. The SMILES string of the molecule is Cc1cc(C(=O)CN=[N+]=[N-])ccc1F. The summed E-state index contributed by atoms with van der Waals surface area (Å²) in [5.74, 6) is -0.670. The van der Waals surface area contributed by atoms with Crippen LogP contribution in [0.2, 0.25) is 0 Å². The van der Waals surface area contributed by atoms with E-state index in [-0.39, 0.29) is 18.1 Å². The average molecular weight is 193 g/mol. The molecule has 1 aromatic rings. The smallest absolute Gasteiger partial charge is 0.168 e. The zero-order chi connectivity index (χ0) is 10.6. The van der Waals surface area contributed by atoms with Crippen molar-refractivity contribution in [2.45, 2.75) is 6.92 Å². The normalized spacial score (nSPS) is 9.29. The van der Waals surface area contributed by atoms with Crippen LogP contribution in [0.15, 0.2) is 23.3 Å². The highest BCUT2D eigenvalue weighted by Crippen LogP contribution is 2.09. The Morgan fingerprint density at radius 3 is 2.93 bits per heavy atom. The first-order valence-corrected chi connectivity index (χ1v) is 3.95. The second-order valence-corrected chi connectivity index (χ2v) is 2.78. The van der Waals surface area contributed by atoms with E-state index in [2.05, 4.69) is 10.0 Å². The molecule has 0 spiro atoms. The molecule has 1 aromatic carbocycles. The maximum absolute atomic E-state index is 12.8. The van der Waals surface area contributed by atoms with Crippen LogP contribution >= 0.6 is 0 Å². The fourth-order valence-electron chi connectivity index (χ4n) is 1.01. The Kier molecular flexibility index (Phi) is 3.20. The molecule has 0 amide bonds. The Hall–Kier alpha value is -1.87. The summed E-state index contributed by atoms with van der Waals surface area (Å²) in [5.41, 5.74) is 8.76. The van der Waals surface area contributed by atoms with Crippen LogP contribution in [-0.2, 0) is 0 Å². The molecule has 0 unspecified atom stereocenters. The third-order valence-electron chi connectivity index (χ3n) is 1.76. The predicted octanol–water partition coefficient (Wildman–Crippen LogP) is 2.63. The van der Waals surface area contributed by atoms with Crippen LogP contribution in [0, 0.1) is 12.7 Å². The number of rotatable bonds is 3. The summed E-state index contributed by atoms with van der Waals surface area (Å²) in [7, 11) is 0. The monoisotopic (exact) mass is 193 g/mol. The minimum atomic E-state index is -0.356. The van der Waals surface area contributed by atoms with Crippen molar-refractivity contribution in [3.05, 3.63) is 45.6 Å². The standard InChI is InChI=1S/C9H8FN3O/c1-6-4-7(2-3-8(6)10)9(14)5-12-13-11/h2-4H,5H2,1H3. The summed E-state index contributed by atoms with van der Waals surface area (Å²) >= 11 is 0. The molecular weight excluding hydrogens is 185 g/mol. The molecule has 0 aromatic heterocycles. The van der Waals surface area contributed by atoms with E-state index in [1.54, 1.807) is 6.92 Å². The van der Waals surface area contributed by atoms with Crippen LogP contribution in [0.25, 0.3) is 10.4 Å². The van der Waals surface area contributed by atoms with E-state index in [0.29, 0.717) is 11.1 Å². The van der Waals surface area contributed by atoms with Gasteiger partial charge in [-0.1, -0.05) is 5.11 Å². The quantitative estimate of drug-likeness (QED) is 0.315. The van der Waals surface area contributed by atoms with Gasteiger partial charge in [-0.05, 0) is 36.2 Å². The first-order chi connectivity index (χ1) is 6.65. The van der Waals surface area contributed by atoms with E-state index in [4.69, 9.17) is 5.53 Å². The molecule has 0 heterocycles. The second-order valence-electron chi connectivity index (χ2n) is 2.78. The van der Waals surface area contributed by atoms with Crippen molar-refractivity contribution in [1.29, 1.82) is 0 Å². The predicted molar refractivity (Wildman–Crippen MR) is 49.5 cm³/mol. The lowest BCUT2D eigenvalue weighted by Crippen LogP contribution is -2.03. The van der Waals surface area contributed by atoms with Crippen LogP contribution in [-0.4, -0.2) is 12.3 Å². The van der Waals surface area contributed by atoms with Gasteiger partial charge >= 0.3 is 0 Å². The van der Waals surface area contributed by atoms with Crippen molar-refractivity contribution >= 4 is 5.78 Å². The van der Waals surface area contributed by atoms with Crippen LogP contribution in [0.3, 0.4) is 0 Å². The van der Waals surface area contributed by atoms with E-state index < -0.39 is 0 Å². The van der Waals surface area contributed by atoms with Crippen molar-refractivity contribution in [3.63, 3.8) is 0 Å². The number of carbonyl (C=O) groups excluding carboxylic acids is 1. The molecule has 0 radical (unpaired) electrons. The molecule has 0 atom stereocenters. The first kappa shape index (κ1) is 10.2. The number of halogens is 1. The van der Waals surface area contributed by atoms with Gasteiger partial charge in [-0.3, -0.25) is 4.79 Å². The second kappa shape index (κ2) is 4.39.